The number of rotatable bonds is 5. The Morgan fingerprint density at radius 1 is 1.26 bits per heavy atom. The molecule has 0 saturated carbocycles. The Balaban J connectivity index is 1.94. The molecule has 0 spiro atoms. The van der Waals surface area contributed by atoms with Crippen molar-refractivity contribution >= 4 is 17.4 Å². The fourth-order valence-corrected chi connectivity index (χ4v) is 1.83. The van der Waals surface area contributed by atoms with Crippen LogP contribution in [0.5, 0.6) is 0 Å². The van der Waals surface area contributed by atoms with Crippen LogP contribution in [0, 0.1) is 0 Å². The largest absolute Gasteiger partial charge is 0.346 e. The topological polar surface area (TPSA) is 64.6 Å². The third-order valence-corrected chi connectivity index (χ3v) is 2.77. The van der Waals surface area contributed by atoms with E-state index >= 15 is 0 Å². The molecular weight excluding hydrogens is 246 g/mol. The highest BCUT2D eigenvalue weighted by molar-refractivity contribution is 5.93. The molecule has 0 radical (unpaired) electrons. The Hall–Kier alpha value is -1.72. The van der Waals surface area contributed by atoms with Crippen molar-refractivity contribution in [2.75, 3.05) is 18.5 Å². The van der Waals surface area contributed by atoms with Crippen LogP contribution in [-0.2, 0) is 19.1 Å². The van der Waals surface area contributed by atoms with E-state index < -0.39 is 0 Å². The maximum absolute atomic E-state index is 11.6. The van der Waals surface area contributed by atoms with E-state index in [9.17, 15) is 9.59 Å². The second kappa shape index (κ2) is 6.45. The molecule has 1 heterocycles. The second-order valence-corrected chi connectivity index (χ2v) is 4.45. The predicted octanol–water partition coefficient (Wildman–Crippen LogP) is 2.04. The molecule has 19 heavy (non-hydrogen) atoms. The van der Waals surface area contributed by atoms with Crippen LogP contribution in [0.1, 0.15) is 31.6 Å². The van der Waals surface area contributed by atoms with Crippen LogP contribution in [0.4, 0.5) is 5.69 Å². The molecule has 1 N–H and O–H groups in total. The van der Waals surface area contributed by atoms with Gasteiger partial charge >= 0.3 is 0 Å². The van der Waals surface area contributed by atoms with E-state index in [2.05, 4.69) is 5.32 Å². The van der Waals surface area contributed by atoms with Gasteiger partial charge in [-0.05, 0) is 19.1 Å². The first kappa shape index (κ1) is 13.7. The average molecular weight is 263 g/mol. The molecule has 1 aliphatic rings. The van der Waals surface area contributed by atoms with E-state index in [-0.39, 0.29) is 30.8 Å². The number of Topliss-reactive ketones (excluding diaryl/α,β-unsaturated/α-hetero) is 1. The molecule has 1 aromatic carbocycles. The number of carbonyl (C=O) groups excluding carboxylic acids is 2. The van der Waals surface area contributed by atoms with Gasteiger partial charge in [0, 0.05) is 24.1 Å². The van der Waals surface area contributed by atoms with Crippen molar-refractivity contribution in [2.45, 2.75) is 26.1 Å². The van der Waals surface area contributed by atoms with Crippen LogP contribution in [-0.4, -0.2) is 24.9 Å². The summed E-state index contributed by atoms with van der Waals surface area (Å²) in [6.07, 6.45) is 0.116. The zero-order valence-electron chi connectivity index (χ0n) is 10.8. The summed E-state index contributed by atoms with van der Waals surface area (Å²) >= 11 is 0. The number of hydrogen-bond donors (Lipinski definition) is 1. The standard InChI is InChI=1S/C14H17NO4/c1-10(16)5-6-13(17)15-12-4-2-3-11(9-12)14-18-7-8-19-14/h2-4,9,14H,5-8H2,1H3,(H,15,17). The quantitative estimate of drug-likeness (QED) is 0.883. The minimum Gasteiger partial charge on any atom is -0.346 e. The van der Waals surface area contributed by atoms with Crippen molar-refractivity contribution in [3.8, 4) is 0 Å². The molecule has 1 aliphatic heterocycles. The molecule has 1 fully saturated rings. The first-order chi connectivity index (χ1) is 9.15. The summed E-state index contributed by atoms with van der Waals surface area (Å²) in [5.74, 6) is -0.155. The summed E-state index contributed by atoms with van der Waals surface area (Å²) < 4.78 is 10.8. The van der Waals surface area contributed by atoms with Crippen molar-refractivity contribution in [1.82, 2.24) is 0 Å². The monoisotopic (exact) mass is 263 g/mol. The average Bonchev–Trinajstić information content (AvgIpc) is 2.90. The van der Waals surface area contributed by atoms with Gasteiger partial charge in [-0.25, -0.2) is 0 Å². The van der Waals surface area contributed by atoms with Crippen molar-refractivity contribution in [1.29, 1.82) is 0 Å². The number of carbonyl (C=O) groups is 2. The summed E-state index contributed by atoms with van der Waals surface area (Å²) in [6, 6.07) is 7.34. The molecule has 0 aliphatic carbocycles. The number of ketones is 1. The van der Waals surface area contributed by atoms with Gasteiger partial charge < -0.3 is 19.6 Å². The number of benzene rings is 1. The lowest BCUT2D eigenvalue weighted by Crippen LogP contribution is -2.13. The Labute approximate surface area is 111 Å². The van der Waals surface area contributed by atoms with Crippen molar-refractivity contribution in [3.05, 3.63) is 29.8 Å². The van der Waals surface area contributed by atoms with E-state index in [0.29, 0.717) is 18.9 Å². The number of ether oxygens (including phenoxy) is 2. The van der Waals surface area contributed by atoms with Crippen LogP contribution in [0.25, 0.3) is 0 Å². The summed E-state index contributed by atoms with van der Waals surface area (Å²) in [6.45, 7) is 2.64. The smallest absolute Gasteiger partial charge is 0.224 e. The van der Waals surface area contributed by atoms with Crippen LogP contribution in [0.3, 0.4) is 0 Å². The highest BCUT2D eigenvalue weighted by atomic mass is 16.7. The first-order valence-corrected chi connectivity index (χ1v) is 6.27. The molecule has 5 nitrogen and oxygen atoms in total. The Morgan fingerprint density at radius 2 is 2.00 bits per heavy atom. The molecule has 0 unspecified atom stereocenters. The number of amides is 1. The molecule has 5 heteroatoms. The Kier molecular flexibility index (Phi) is 4.65. The molecule has 1 saturated heterocycles. The van der Waals surface area contributed by atoms with E-state index in [1.807, 2.05) is 18.2 Å². The van der Waals surface area contributed by atoms with Crippen molar-refractivity contribution in [3.63, 3.8) is 0 Å². The van der Waals surface area contributed by atoms with Crippen molar-refractivity contribution in [2.24, 2.45) is 0 Å². The van der Waals surface area contributed by atoms with Gasteiger partial charge in [0.1, 0.15) is 5.78 Å². The molecule has 0 aromatic heterocycles. The maximum atomic E-state index is 11.6. The van der Waals surface area contributed by atoms with Gasteiger partial charge in [-0.15, -0.1) is 0 Å². The number of nitrogens with one attached hydrogen (secondary N) is 1. The van der Waals surface area contributed by atoms with E-state index in [1.165, 1.54) is 6.92 Å². The highest BCUT2D eigenvalue weighted by Crippen LogP contribution is 2.25. The van der Waals surface area contributed by atoms with Gasteiger partial charge in [0.15, 0.2) is 6.29 Å². The fourth-order valence-electron chi connectivity index (χ4n) is 1.83. The Morgan fingerprint density at radius 3 is 2.68 bits per heavy atom. The zero-order chi connectivity index (χ0) is 13.7. The predicted molar refractivity (Wildman–Crippen MR) is 69.6 cm³/mol. The van der Waals surface area contributed by atoms with Crippen LogP contribution >= 0.6 is 0 Å². The molecule has 0 atom stereocenters. The normalized spacial score (nSPS) is 15.4. The number of hydrogen-bond acceptors (Lipinski definition) is 4. The molecule has 2 rings (SSSR count). The molecular formula is C14H17NO4. The zero-order valence-corrected chi connectivity index (χ0v) is 10.8. The van der Waals surface area contributed by atoms with E-state index in [4.69, 9.17) is 9.47 Å². The van der Waals surface area contributed by atoms with Gasteiger partial charge in [-0.3, -0.25) is 4.79 Å². The molecule has 102 valence electrons. The minimum absolute atomic E-state index is 0.0108. The maximum Gasteiger partial charge on any atom is 0.224 e. The fraction of sp³-hybridized carbons (Fsp3) is 0.429. The molecule has 1 aromatic rings. The van der Waals surface area contributed by atoms with Crippen LogP contribution in [0.2, 0.25) is 0 Å². The molecule has 1 amide bonds. The SMILES string of the molecule is CC(=O)CCC(=O)Nc1cccc(C2OCCO2)c1. The minimum atomic E-state index is -0.353. The van der Waals surface area contributed by atoms with E-state index in [1.54, 1.807) is 6.07 Å². The third kappa shape index (κ3) is 4.15. The third-order valence-electron chi connectivity index (χ3n) is 2.77. The second-order valence-electron chi connectivity index (χ2n) is 4.45. The summed E-state index contributed by atoms with van der Waals surface area (Å²) in [5.41, 5.74) is 1.56. The van der Waals surface area contributed by atoms with Gasteiger partial charge in [0.05, 0.1) is 13.2 Å². The van der Waals surface area contributed by atoms with Crippen molar-refractivity contribution < 1.29 is 19.1 Å². The lowest BCUT2D eigenvalue weighted by atomic mass is 10.2. The summed E-state index contributed by atoms with van der Waals surface area (Å²) in [5, 5.41) is 2.76. The first-order valence-electron chi connectivity index (χ1n) is 6.27. The highest BCUT2D eigenvalue weighted by Gasteiger charge is 2.18. The lowest BCUT2D eigenvalue weighted by molar-refractivity contribution is -0.121. The van der Waals surface area contributed by atoms with Crippen LogP contribution < -0.4 is 5.32 Å². The molecule has 0 bridgehead atoms. The van der Waals surface area contributed by atoms with E-state index in [0.717, 1.165) is 5.56 Å². The lowest BCUT2D eigenvalue weighted by Gasteiger charge is -2.11. The Bertz CT molecular complexity index is 466. The van der Waals surface area contributed by atoms with Gasteiger partial charge in [0.2, 0.25) is 5.91 Å². The van der Waals surface area contributed by atoms with Gasteiger partial charge in [-0.1, -0.05) is 12.1 Å². The van der Waals surface area contributed by atoms with Gasteiger partial charge in [0.25, 0.3) is 0 Å². The number of anilines is 1. The van der Waals surface area contributed by atoms with Crippen LogP contribution in [0.15, 0.2) is 24.3 Å². The summed E-state index contributed by atoms with van der Waals surface area (Å²) in [7, 11) is 0. The van der Waals surface area contributed by atoms with Gasteiger partial charge in [-0.2, -0.15) is 0 Å². The summed E-state index contributed by atoms with van der Waals surface area (Å²) in [4.78, 5) is 22.4.